The number of alkyl halides is 4. The molecule has 3 aromatic rings. The molecule has 42 heavy (non-hydrogen) atoms. The minimum atomic E-state index is -4.76. The van der Waals surface area contributed by atoms with E-state index in [9.17, 15) is 17.6 Å². The van der Waals surface area contributed by atoms with E-state index in [2.05, 4.69) is 25.1 Å². The van der Waals surface area contributed by atoms with Crippen molar-refractivity contribution in [2.24, 2.45) is 0 Å². The van der Waals surface area contributed by atoms with Crippen molar-refractivity contribution in [3.05, 3.63) is 35.3 Å². The molecule has 4 aliphatic rings. The number of nitrogens with one attached hydrogen (secondary N) is 1. The summed E-state index contributed by atoms with van der Waals surface area (Å²) in [7, 11) is 0. The Labute approximate surface area is 239 Å². The van der Waals surface area contributed by atoms with Crippen LogP contribution in [0.15, 0.2) is 18.2 Å². The number of pyridine rings is 1. The normalized spacial score (nSPS) is 27.7. The predicted octanol–water partition coefficient (Wildman–Crippen LogP) is 4.64. The number of anilines is 2. The number of aromatic nitrogens is 3. The summed E-state index contributed by atoms with van der Waals surface area (Å²) in [6, 6.07) is 3.42. The molecule has 0 amide bonds. The maximum absolute atomic E-state index is 16.4. The zero-order valence-corrected chi connectivity index (χ0v) is 23.1. The first-order valence-corrected chi connectivity index (χ1v) is 14.4. The van der Waals surface area contributed by atoms with Crippen molar-refractivity contribution in [1.82, 2.24) is 25.2 Å². The molecule has 0 aliphatic carbocycles. The van der Waals surface area contributed by atoms with Gasteiger partial charge in [0.1, 0.15) is 29.8 Å². The third-order valence-electron chi connectivity index (χ3n) is 9.28. The van der Waals surface area contributed by atoms with Crippen LogP contribution in [0, 0.1) is 12.7 Å². The number of rotatable bonds is 5. The van der Waals surface area contributed by atoms with Crippen LogP contribution in [0.2, 0.25) is 0 Å². The standard InChI is InChI=1S/C29H32F5N7O/c1-15-22-25(23(31)24(36-15)20-9-17(35)3-6-21(20)29(32,33)34)38-27(39-26(22)40-12-18-4-5-19(13-40)37-18)42-14-28-7-2-8-41(28)11-16(30)10-28/h3,6,9,16,18-19,37H,2,4-5,7-8,10-14,35H2,1H3/t16-,18-,19+,28+/m1/s1. The average Bonchev–Trinajstić information content (AvgIpc) is 3.58. The zero-order chi connectivity index (χ0) is 29.4. The van der Waals surface area contributed by atoms with E-state index in [1.54, 1.807) is 6.92 Å². The number of ether oxygens (including phenoxy) is 1. The van der Waals surface area contributed by atoms with Crippen molar-refractivity contribution < 1.29 is 26.7 Å². The van der Waals surface area contributed by atoms with Gasteiger partial charge in [-0.2, -0.15) is 23.1 Å². The fourth-order valence-electron chi connectivity index (χ4n) is 7.40. The predicted molar refractivity (Wildman–Crippen MR) is 148 cm³/mol. The SMILES string of the molecule is Cc1nc(-c2cc(N)ccc2C(F)(F)F)c(F)c2nc(OC[C@@]34CCCN3C[C@H](F)C4)nc(N3C[C@H]4CC[C@@H](C3)N4)c12. The van der Waals surface area contributed by atoms with Crippen LogP contribution in [0.5, 0.6) is 6.01 Å². The van der Waals surface area contributed by atoms with Crippen LogP contribution in [0.3, 0.4) is 0 Å². The molecule has 1 aromatic carbocycles. The van der Waals surface area contributed by atoms with Gasteiger partial charge in [-0.25, -0.2) is 13.8 Å². The molecule has 0 saturated carbocycles. The monoisotopic (exact) mass is 589 g/mol. The van der Waals surface area contributed by atoms with Gasteiger partial charge < -0.3 is 20.7 Å². The third-order valence-corrected chi connectivity index (χ3v) is 9.28. The Bertz CT molecular complexity index is 1540. The van der Waals surface area contributed by atoms with E-state index in [0.29, 0.717) is 43.0 Å². The van der Waals surface area contributed by atoms with Crippen molar-refractivity contribution in [3.8, 4) is 17.3 Å². The van der Waals surface area contributed by atoms with Gasteiger partial charge >= 0.3 is 12.2 Å². The highest BCUT2D eigenvalue weighted by Crippen LogP contribution is 2.43. The number of aryl methyl sites for hydroxylation is 1. The first-order chi connectivity index (χ1) is 20.0. The highest BCUT2D eigenvalue weighted by molar-refractivity contribution is 5.95. The second-order valence-electron chi connectivity index (χ2n) is 12.1. The Morgan fingerprint density at radius 2 is 1.88 bits per heavy atom. The first-order valence-electron chi connectivity index (χ1n) is 14.4. The van der Waals surface area contributed by atoms with Gasteiger partial charge in [0.2, 0.25) is 0 Å². The Morgan fingerprint density at radius 1 is 1.12 bits per heavy atom. The molecular formula is C29H32F5N7O. The van der Waals surface area contributed by atoms with Crippen LogP contribution >= 0.6 is 0 Å². The number of benzene rings is 1. The van der Waals surface area contributed by atoms with Gasteiger partial charge in [0.15, 0.2) is 5.82 Å². The van der Waals surface area contributed by atoms with E-state index in [-0.39, 0.29) is 35.9 Å². The molecule has 13 heteroatoms. The summed E-state index contributed by atoms with van der Waals surface area (Å²) in [5.41, 5.74) is 3.51. The van der Waals surface area contributed by atoms with Crippen LogP contribution in [-0.4, -0.2) is 76.4 Å². The van der Waals surface area contributed by atoms with E-state index in [4.69, 9.17) is 15.5 Å². The summed E-state index contributed by atoms with van der Waals surface area (Å²) in [5.74, 6) is -0.577. The van der Waals surface area contributed by atoms with Crippen molar-refractivity contribution in [3.63, 3.8) is 0 Å². The van der Waals surface area contributed by atoms with Crippen LogP contribution in [0.25, 0.3) is 22.2 Å². The highest BCUT2D eigenvalue weighted by atomic mass is 19.4. The van der Waals surface area contributed by atoms with Gasteiger partial charge in [-0.05, 0) is 57.4 Å². The Kier molecular flexibility index (Phi) is 6.46. The topological polar surface area (TPSA) is 92.4 Å². The average molecular weight is 590 g/mol. The maximum Gasteiger partial charge on any atom is 0.417 e. The quantitative estimate of drug-likeness (QED) is 0.329. The van der Waals surface area contributed by atoms with Crippen LogP contribution in [-0.2, 0) is 6.18 Å². The number of nitrogens with zero attached hydrogens (tertiary/aromatic N) is 5. The number of hydrogen-bond donors (Lipinski definition) is 2. The largest absolute Gasteiger partial charge is 0.461 e. The highest BCUT2D eigenvalue weighted by Gasteiger charge is 2.49. The van der Waals surface area contributed by atoms with E-state index in [0.717, 1.165) is 50.4 Å². The molecule has 7 rings (SSSR count). The Hall–Kier alpha value is -3.32. The minimum Gasteiger partial charge on any atom is -0.461 e. The summed E-state index contributed by atoms with van der Waals surface area (Å²) in [5, 5.41) is 3.89. The second kappa shape index (κ2) is 9.87. The van der Waals surface area contributed by atoms with E-state index < -0.39 is 40.5 Å². The fraction of sp³-hybridized carbons (Fsp3) is 0.552. The van der Waals surface area contributed by atoms with Crippen LogP contribution in [0.4, 0.5) is 33.5 Å². The lowest BCUT2D eigenvalue weighted by atomic mass is 9.95. The maximum atomic E-state index is 16.4. The second-order valence-corrected chi connectivity index (χ2v) is 12.1. The lowest BCUT2D eigenvalue weighted by Crippen LogP contribution is -2.51. The number of nitrogen functional groups attached to an aromatic ring is 1. The zero-order valence-electron chi connectivity index (χ0n) is 23.1. The molecule has 2 aromatic heterocycles. The van der Waals surface area contributed by atoms with Gasteiger partial charge in [0.05, 0.1) is 22.2 Å². The first kappa shape index (κ1) is 27.5. The summed E-state index contributed by atoms with van der Waals surface area (Å²) in [6.07, 6.45) is -1.67. The van der Waals surface area contributed by atoms with Crippen molar-refractivity contribution in [2.45, 2.75) is 69.0 Å². The van der Waals surface area contributed by atoms with Gasteiger partial charge in [0, 0.05) is 49.4 Å². The van der Waals surface area contributed by atoms with Gasteiger partial charge in [-0.3, -0.25) is 4.90 Å². The molecule has 0 unspecified atom stereocenters. The molecule has 3 N–H and O–H groups in total. The molecule has 4 atom stereocenters. The molecule has 6 heterocycles. The number of fused-ring (bicyclic) bond motifs is 4. The molecule has 4 saturated heterocycles. The minimum absolute atomic E-state index is 0.0451. The van der Waals surface area contributed by atoms with Crippen molar-refractivity contribution in [2.75, 3.05) is 43.4 Å². The number of piperazine rings is 1. The van der Waals surface area contributed by atoms with E-state index in [1.807, 2.05) is 0 Å². The van der Waals surface area contributed by atoms with Gasteiger partial charge in [-0.15, -0.1) is 0 Å². The van der Waals surface area contributed by atoms with Gasteiger partial charge in [-0.1, -0.05) is 0 Å². The molecule has 224 valence electrons. The molecule has 2 bridgehead atoms. The van der Waals surface area contributed by atoms with Crippen molar-refractivity contribution in [1.29, 1.82) is 0 Å². The molecule has 0 radical (unpaired) electrons. The Balaban J connectivity index is 1.36. The summed E-state index contributed by atoms with van der Waals surface area (Å²) >= 11 is 0. The van der Waals surface area contributed by atoms with Crippen LogP contribution < -0.4 is 20.7 Å². The molecular weight excluding hydrogens is 557 g/mol. The van der Waals surface area contributed by atoms with Crippen LogP contribution in [0.1, 0.15) is 43.4 Å². The van der Waals surface area contributed by atoms with E-state index >= 15 is 4.39 Å². The van der Waals surface area contributed by atoms with E-state index in [1.165, 1.54) is 0 Å². The summed E-state index contributed by atoms with van der Waals surface area (Å²) in [4.78, 5) is 17.6. The fourth-order valence-corrected chi connectivity index (χ4v) is 7.40. The summed E-state index contributed by atoms with van der Waals surface area (Å²) < 4.78 is 78.8. The summed E-state index contributed by atoms with van der Waals surface area (Å²) in [6.45, 7) is 4.13. The number of halogens is 5. The van der Waals surface area contributed by atoms with Gasteiger partial charge in [0.25, 0.3) is 0 Å². The molecule has 4 aliphatic heterocycles. The Morgan fingerprint density at radius 3 is 2.62 bits per heavy atom. The lowest BCUT2D eigenvalue weighted by Gasteiger charge is -2.35. The molecule has 8 nitrogen and oxygen atoms in total. The lowest BCUT2D eigenvalue weighted by molar-refractivity contribution is -0.137. The number of hydrogen-bond acceptors (Lipinski definition) is 8. The third kappa shape index (κ3) is 4.61. The smallest absolute Gasteiger partial charge is 0.417 e. The number of nitrogens with two attached hydrogens (primary N) is 1. The van der Waals surface area contributed by atoms with Crippen molar-refractivity contribution >= 4 is 22.4 Å². The molecule has 0 spiro atoms. The molecule has 4 fully saturated rings.